The van der Waals surface area contributed by atoms with Crippen molar-refractivity contribution in [3.63, 3.8) is 0 Å². The molecule has 1 aliphatic heterocycles. The Bertz CT molecular complexity index is 516. The fourth-order valence-electron chi connectivity index (χ4n) is 2.45. The predicted molar refractivity (Wildman–Crippen MR) is 71.8 cm³/mol. The molecule has 0 fully saturated rings. The first-order valence-corrected chi connectivity index (χ1v) is 7.26. The maximum atomic E-state index is 6.22. The minimum absolute atomic E-state index is 0.712. The predicted octanol–water partition coefficient (Wildman–Crippen LogP) is 3.77. The molecular formula is C13H15ClN2S. The highest BCUT2D eigenvalue weighted by Crippen LogP contribution is 2.28. The molecule has 0 N–H and O–H groups in total. The Morgan fingerprint density at radius 1 is 1.59 bits per heavy atom. The van der Waals surface area contributed by atoms with Crippen LogP contribution in [0.4, 0.5) is 0 Å². The van der Waals surface area contributed by atoms with Crippen molar-refractivity contribution in [2.45, 2.75) is 32.7 Å². The summed E-state index contributed by atoms with van der Waals surface area (Å²) in [6.07, 6.45) is 3.20. The van der Waals surface area contributed by atoms with Gasteiger partial charge in [0.05, 0.1) is 5.69 Å². The van der Waals surface area contributed by atoms with Crippen molar-refractivity contribution in [1.82, 2.24) is 9.55 Å². The molecule has 3 rings (SSSR count). The second kappa shape index (κ2) is 4.46. The molecule has 90 valence electrons. The summed E-state index contributed by atoms with van der Waals surface area (Å²) in [5, 5.41) is 2.82. The Labute approximate surface area is 110 Å². The van der Waals surface area contributed by atoms with Crippen molar-refractivity contribution in [3.8, 4) is 0 Å². The molecule has 1 unspecified atom stereocenters. The van der Waals surface area contributed by atoms with Gasteiger partial charge in [-0.25, -0.2) is 4.98 Å². The molecule has 17 heavy (non-hydrogen) atoms. The van der Waals surface area contributed by atoms with Crippen LogP contribution in [-0.4, -0.2) is 9.55 Å². The van der Waals surface area contributed by atoms with Crippen molar-refractivity contribution >= 4 is 22.9 Å². The first-order chi connectivity index (χ1) is 8.24. The Morgan fingerprint density at radius 2 is 2.47 bits per heavy atom. The second-order valence-electron chi connectivity index (χ2n) is 4.78. The van der Waals surface area contributed by atoms with Gasteiger partial charge in [-0.15, -0.1) is 11.3 Å². The van der Waals surface area contributed by atoms with Gasteiger partial charge >= 0.3 is 0 Å². The summed E-state index contributed by atoms with van der Waals surface area (Å²) in [6.45, 7) is 3.36. The molecule has 0 bridgehead atoms. The molecule has 1 aliphatic rings. The fourth-order valence-corrected chi connectivity index (χ4v) is 3.44. The van der Waals surface area contributed by atoms with Crippen molar-refractivity contribution < 1.29 is 0 Å². The van der Waals surface area contributed by atoms with E-state index in [-0.39, 0.29) is 0 Å². The Balaban J connectivity index is 1.95. The largest absolute Gasteiger partial charge is 0.330 e. The number of thiophene rings is 1. The highest BCUT2D eigenvalue weighted by molar-refractivity contribution is 7.09. The minimum atomic E-state index is 0.712. The van der Waals surface area contributed by atoms with E-state index in [1.54, 1.807) is 11.3 Å². The molecule has 2 aromatic heterocycles. The molecule has 0 saturated heterocycles. The number of nitrogens with zero attached hydrogens (tertiary/aromatic N) is 2. The SMILES string of the molecule is CC1CCc2c(Cl)nc(Cc3cccs3)n2C1. The number of rotatable bonds is 2. The molecule has 0 spiro atoms. The van der Waals surface area contributed by atoms with Crippen LogP contribution in [0.2, 0.25) is 5.15 Å². The number of hydrogen-bond acceptors (Lipinski definition) is 2. The van der Waals surface area contributed by atoms with Crippen molar-refractivity contribution in [1.29, 1.82) is 0 Å². The molecular weight excluding hydrogens is 252 g/mol. The smallest absolute Gasteiger partial charge is 0.150 e. The maximum Gasteiger partial charge on any atom is 0.150 e. The third kappa shape index (κ3) is 2.14. The second-order valence-corrected chi connectivity index (χ2v) is 6.17. The lowest BCUT2D eigenvalue weighted by atomic mass is 10.0. The van der Waals surface area contributed by atoms with Crippen LogP contribution in [0.3, 0.4) is 0 Å². The first kappa shape index (κ1) is 11.3. The number of halogens is 1. The van der Waals surface area contributed by atoms with Crippen LogP contribution in [-0.2, 0) is 19.4 Å². The van der Waals surface area contributed by atoms with Gasteiger partial charge in [0.25, 0.3) is 0 Å². The highest BCUT2D eigenvalue weighted by Gasteiger charge is 2.22. The maximum absolute atomic E-state index is 6.22. The minimum Gasteiger partial charge on any atom is -0.330 e. The van der Waals surface area contributed by atoms with Crippen LogP contribution >= 0.6 is 22.9 Å². The summed E-state index contributed by atoms with van der Waals surface area (Å²) < 4.78 is 2.33. The molecule has 2 aromatic rings. The first-order valence-electron chi connectivity index (χ1n) is 6.00. The Kier molecular flexibility index (Phi) is 2.97. The van der Waals surface area contributed by atoms with Crippen LogP contribution in [0.15, 0.2) is 17.5 Å². The molecule has 0 aromatic carbocycles. The molecule has 4 heteroatoms. The summed E-state index contributed by atoms with van der Waals surface area (Å²) in [6, 6.07) is 4.25. The standard InChI is InChI=1S/C13H15ClN2S/c1-9-4-5-11-13(14)15-12(16(11)8-9)7-10-3-2-6-17-10/h2-3,6,9H,4-5,7-8H2,1H3. The lowest BCUT2D eigenvalue weighted by molar-refractivity contribution is 0.392. The zero-order valence-electron chi connectivity index (χ0n) is 9.82. The highest BCUT2D eigenvalue weighted by atomic mass is 35.5. The van der Waals surface area contributed by atoms with Gasteiger partial charge in [-0.2, -0.15) is 0 Å². The average Bonchev–Trinajstić information content (AvgIpc) is 2.89. The van der Waals surface area contributed by atoms with Gasteiger partial charge in [0, 0.05) is 17.8 Å². The topological polar surface area (TPSA) is 17.8 Å². The van der Waals surface area contributed by atoms with E-state index in [0.29, 0.717) is 5.15 Å². The van der Waals surface area contributed by atoms with Gasteiger partial charge in [0.1, 0.15) is 5.82 Å². The van der Waals surface area contributed by atoms with E-state index in [0.717, 1.165) is 31.1 Å². The van der Waals surface area contributed by atoms with Gasteiger partial charge in [-0.05, 0) is 30.2 Å². The molecule has 1 atom stereocenters. The summed E-state index contributed by atoms with van der Waals surface area (Å²) in [5.74, 6) is 1.86. The van der Waals surface area contributed by atoms with E-state index < -0.39 is 0 Å². The summed E-state index contributed by atoms with van der Waals surface area (Å²) in [5.41, 5.74) is 1.23. The number of fused-ring (bicyclic) bond motifs is 1. The van der Waals surface area contributed by atoms with Crippen LogP contribution in [0, 0.1) is 5.92 Å². The summed E-state index contributed by atoms with van der Waals surface area (Å²) in [7, 11) is 0. The van der Waals surface area contributed by atoms with E-state index in [2.05, 4.69) is 34.0 Å². The van der Waals surface area contributed by atoms with Gasteiger partial charge in [-0.3, -0.25) is 0 Å². The number of hydrogen-bond donors (Lipinski definition) is 0. The van der Waals surface area contributed by atoms with Crippen LogP contribution < -0.4 is 0 Å². The van der Waals surface area contributed by atoms with Gasteiger partial charge < -0.3 is 4.57 Å². The van der Waals surface area contributed by atoms with Crippen LogP contribution in [0.25, 0.3) is 0 Å². The zero-order chi connectivity index (χ0) is 11.8. The lowest BCUT2D eigenvalue weighted by Gasteiger charge is -2.22. The van der Waals surface area contributed by atoms with E-state index in [4.69, 9.17) is 11.6 Å². The summed E-state index contributed by atoms with van der Waals surface area (Å²) in [4.78, 5) is 5.89. The third-order valence-electron chi connectivity index (χ3n) is 3.38. The molecule has 0 saturated carbocycles. The normalized spacial score (nSPS) is 19.3. The summed E-state index contributed by atoms with van der Waals surface area (Å²) >= 11 is 8.00. The Hall–Kier alpha value is -0.800. The number of aromatic nitrogens is 2. The fraction of sp³-hybridized carbons (Fsp3) is 0.462. The van der Waals surface area contributed by atoms with E-state index in [1.807, 2.05) is 0 Å². The van der Waals surface area contributed by atoms with Crippen LogP contribution in [0.1, 0.15) is 29.7 Å². The van der Waals surface area contributed by atoms with Crippen molar-refractivity contribution in [3.05, 3.63) is 39.1 Å². The zero-order valence-corrected chi connectivity index (χ0v) is 11.4. The molecule has 2 nitrogen and oxygen atoms in total. The molecule has 3 heterocycles. The van der Waals surface area contributed by atoms with Crippen LogP contribution in [0.5, 0.6) is 0 Å². The number of imidazole rings is 1. The monoisotopic (exact) mass is 266 g/mol. The van der Waals surface area contributed by atoms with Gasteiger partial charge in [0.15, 0.2) is 5.15 Å². The molecule has 0 radical (unpaired) electrons. The van der Waals surface area contributed by atoms with E-state index in [9.17, 15) is 0 Å². The third-order valence-corrected chi connectivity index (χ3v) is 4.56. The average molecular weight is 267 g/mol. The molecule has 0 aliphatic carbocycles. The van der Waals surface area contributed by atoms with Gasteiger partial charge in [0.2, 0.25) is 0 Å². The lowest BCUT2D eigenvalue weighted by Crippen LogP contribution is -2.19. The quantitative estimate of drug-likeness (QED) is 0.809. The van der Waals surface area contributed by atoms with Crippen molar-refractivity contribution in [2.24, 2.45) is 5.92 Å². The van der Waals surface area contributed by atoms with E-state index >= 15 is 0 Å². The Morgan fingerprint density at radius 3 is 3.24 bits per heavy atom. The van der Waals surface area contributed by atoms with Crippen molar-refractivity contribution in [2.75, 3.05) is 0 Å². The molecule has 0 amide bonds. The van der Waals surface area contributed by atoms with E-state index in [1.165, 1.54) is 17.0 Å². The van der Waals surface area contributed by atoms with Gasteiger partial charge in [-0.1, -0.05) is 24.6 Å².